The minimum atomic E-state index is -0.332. The largest absolute Gasteiger partial charge is 0.291 e. The van der Waals surface area contributed by atoms with E-state index in [1.165, 1.54) is 12.8 Å². The summed E-state index contributed by atoms with van der Waals surface area (Å²) < 4.78 is 0. The van der Waals surface area contributed by atoms with Crippen molar-refractivity contribution in [1.82, 2.24) is 0 Å². The molecule has 2 rings (SSSR count). The van der Waals surface area contributed by atoms with Crippen molar-refractivity contribution in [2.45, 2.75) is 59.3 Å². The van der Waals surface area contributed by atoms with E-state index >= 15 is 0 Å². The van der Waals surface area contributed by atoms with Gasteiger partial charge in [-0.25, -0.2) is 0 Å². The van der Waals surface area contributed by atoms with Gasteiger partial charge in [0.25, 0.3) is 0 Å². The predicted molar refractivity (Wildman–Crippen MR) is 67.6 cm³/mol. The Bertz CT molecular complexity index is 334. The predicted octanol–water partition coefficient (Wildman–Crippen LogP) is 3.39. The van der Waals surface area contributed by atoms with Crippen molar-refractivity contribution in [2.75, 3.05) is 0 Å². The SMILES string of the molecule is CCC[C@H]1C(C)CC[C@@]2(C)C(=O)C(=O)CC[C@H]12. The molecule has 2 aliphatic carbocycles. The van der Waals surface area contributed by atoms with Gasteiger partial charge in [-0.05, 0) is 37.0 Å². The summed E-state index contributed by atoms with van der Waals surface area (Å²) in [4.78, 5) is 23.8. The van der Waals surface area contributed by atoms with Crippen molar-refractivity contribution in [2.24, 2.45) is 23.2 Å². The van der Waals surface area contributed by atoms with Crippen molar-refractivity contribution >= 4 is 11.6 Å². The van der Waals surface area contributed by atoms with E-state index in [1.54, 1.807) is 0 Å². The van der Waals surface area contributed by atoms with Gasteiger partial charge in [0.15, 0.2) is 5.78 Å². The molecule has 0 bridgehead atoms. The highest BCUT2D eigenvalue weighted by molar-refractivity contribution is 6.39. The Balaban J connectivity index is 2.28. The lowest BCUT2D eigenvalue weighted by atomic mass is 9.53. The van der Waals surface area contributed by atoms with Crippen molar-refractivity contribution in [3.63, 3.8) is 0 Å². The van der Waals surface area contributed by atoms with Gasteiger partial charge in [0.1, 0.15) is 0 Å². The molecule has 0 aromatic heterocycles. The molecule has 0 heterocycles. The van der Waals surface area contributed by atoms with Crippen LogP contribution in [0.5, 0.6) is 0 Å². The van der Waals surface area contributed by atoms with Crippen LogP contribution in [0, 0.1) is 23.2 Å². The van der Waals surface area contributed by atoms with Crippen LogP contribution in [0.4, 0.5) is 0 Å². The van der Waals surface area contributed by atoms with Gasteiger partial charge < -0.3 is 0 Å². The fourth-order valence-electron chi connectivity index (χ4n) is 4.15. The molecule has 2 heteroatoms. The first-order valence-electron chi connectivity index (χ1n) is 7.08. The minimum Gasteiger partial charge on any atom is -0.291 e. The average Bonchev–Trinajstić information content (AvgIpc) is 2.30. The third-order valence-corrected chi connectivity index (χ3v) is 5.26. The lowest BCUT2D eigenvalue weighted by Crippen LogP contribution is -2.51. The summed E-state index contributed by atoms with van der Waals surface area (Å²) >= 11 is 0. The van der Waals surface area contributed by atoms with Gasteiger partial charge in [-0.1, -0.05) is 33.6 Å². The number of carbonyl (C=O) groups is 2. The van der Waals surface area contributed by atoms with E-state index in [0.29, 0.717) is 24.2 Å². The Morgan fingerprint density at radius 2 is 2.00 bits per heavy atom. The van der Waals surface area contributed by atoms with Crippen LogP contribution in [-0.2, 0) is 9.59 Å². The van der Waals surface area contributed by atoms with Crippen LogP contribution in [-0.4, -0.2) is 11.6 Å². The van der Waals surface area contributed by atoms with E-state index in [9.17, 15) is 9.59 Å². The van der Waals surface area contributed by atoms with Crippen molar-refractivity contribution < 1.29 is 9.59 Å². The number of carbonyl (C=O) groups excluding carboxylic acids is 2. The molecule has 17 heavy (non-hydrogen) atoms. The Morgan fingerprint density at radius 3 is 2.65 bits per heavy atom. The van der Waals surface area contributed by atoms with Crippen molar-refractivity contribution in [3.05, 3.63) is 0 Å². The van der Waals surface area contributed by atoms with Crippen LogP contribution in [0.2, 0.25) is 0 Å². The molecule has 96 valence electrons. The third kappa shape index (κ3) is 1.96. The fourth-order valence-corrected chi connectivity index (χ4v) is 4.15. The number of hydrogen-bond donors (Lipinski definition) is 0. The molecule has 0 saturated heterocycles. The molecule has 0 aromatic rings. The quantitative estimate of drug-likeness (QED) is 0.689. The molecule has 2 saturated carbocycles. The lowest BCUT2D eigenvalue weighted by Gasteiger charge is -2.50. The normalized spacial score (nSPS) is 42.4. The lowest BCUT2D eigenvalue weighted by molar-refractivity contribution is -0.153. The molecule has 4 atom stereocenters. The standard InChI is InChI=1S/C15H24O2/c1-4-5-11-10(2)8-9-15(3)12(11)6-7-13(16)14(15)17/h10-12H,4-9H2,1-3H3/t10?,11-,12+,15+/m0/s1. The Kier molecular flexibility index (Phi) is 3.42. The number of fused-ring (bicyclic) bond motifs is 1. The first-order valence-corrected chi connectivity index (χ1v) is 7.08. The zero-order valence-corrected chi connectivity index (χ0v) is 11.3. The molecule has 2 fully saturated rings. The van der Waals surface area contributed by atoms with Gasteiger partial charge >= 0.3 is 0 Å². The van der Waals surface area contributed by atoms with Gasteiger partial charge in [-0.15, -0.1) is 0 Å². The molecule has 0 aliphatic heterocycles. The second-order valence-corrected chi connectivity index (χ2v) is 6.28. The van der Waals surface area contributed by atoms with E-state index in [0.717, 1.165) is 19.3 Å². The van der Waals surface area contributed by atoms with Crippen LogP contribution < -0.4 is 0 Å². The molecule has 0 aromatic carbocycles. The highest BCUT2D eigenvalue weighted by Gasteiger charge is 2.52. The number of ketones is 2. The summed E-state index contributed by atoms with van der Waals surface area (Å²) in [5, 5.41) is 0. The van der Waals surface area contributed by atoms with Crippen molar-refractivity contribution in [1.29, 1.82) is 0 Å². The number of Topliss-reactive ketones (excluding diaryl/α,β-unsaturated/α-hetero) is 2. The topological polar surface area (TPSA) is 34.1 Å². The van der Waals surface area contributed by atoms with Gasteiger partial charge in [0.2, 0.25) is 5.78 Å². The summed E-state index contributed by atoms with van der Waals surface area (Å²) in [5.74, 6) is 1.64. The smallest absolute Gasteiger partial charge is 0.204 e. The monoisotopic (exact) mass is 236 g/mol. The van der Waals surface area contributed by atoms with Crippen LogP contribution in [0.25, 0.3) is 0 Å². The molecular weight excluding hydrogens is 212 g/mol. The Labute approximate surface area is 104 Å². The van der Waals surface area contributed by atoms with E-state index < -0.39 is 0 Å². The molecule has 1 unspecified atom stereocenters. The number of hydrogen-bond acceptors (Lipinski definition) is 2. The Morgan fingerprint density at radius 1 is 1.29 bits per heavy atom. The summed E-state index contributed by atoms with van der Waals surface area (Å²) in [6.07, 6.45) is 5.86. The summed E-state index contributed by atoms with van der Waals surface area (Å²) in [7, 11) is 0. The average molecular weight is 236 g/mol. The van der Waals surface area contributed by atoms with E-state index in [2.05, 4.69) is 13.8 Å². The Hall–Kier alpha value is -0.660. The van der Waals surface area contributed by atoms with Crippen molar-refractivity contribution in [3.8, 4) is 0 Å². The van der Waals surface area contributed by atoms with E-state index in [1.807, 2.05) is 6.92 Å². The van der Waals surface area contributed by atoms with Crippen LogP contribution in [0.1, 0.15) is 59.3 Å². The van der Waals surface area contributed by atoms with Crippen LogP contribution >= 0.6 is 0 Å². The van der Waals surface area contributed by atoms with E-state index in [-0.39, 0.29) is 17.0 Å². The highest BCUT2D eigenvalue weighted by Crippen LogP contribution is 2.53. The molecule has 0 N–H and O–H groups in total. The second kappa shape index (κ2) is 4.55. The first-order chi connectivity index (χ1) is 8.00. The fraction of sp³-hybridized carbons (Fsp3) is 0.867. The second-order valence-electron chi connectivity index (χ2n) is 6.28. The van der Waals surface area contributed by atoms with Gasteiger partial charge in [0, 0.05) is 11.8 Å². The third-order valence-electron chi connectivity index (χ3n) is 5.26. The summed E-state index contributed by atoms with van der Waals surface area (Å²) in [6, 6.07) is 0. The molecule has 2 nitrogen and oxygen atoms in total. The van der Waals surface area contributed by atoms with Gasteiger partial charge in [0.05, 0.1) is 0 Å². The van der Waals surface area contributed by atoms with Gasteiger partial charge in [-0.3, -0.25) is 9.59 Å². The maximum absolute atomic E-state index is 12.2. The molecular formula is C15H24O2. The molecule has 0 radical (unpaired) electrons. The zero-order valence-electron chi connectivity index (χ0n) is 11.3. The summed E-state index contributed by atoms with van der Waals surface area (Å²) in [6.45, 7) is 6.58. The molecule has 0 spiro atoms. The first kappa shape index (κ1) is 12.8. The summed E-state index contributed by atoms with van der Waals surface area (Å²) in [5.41, 5.74) is -0.332. The highest BCUT2D eigenvalue weighted by atomic mass is 16.2. The van der Waals surface area contributed by atoms with Crippen LogP contribution in [0.15, 0.2) is 0 Å². The van der Waals surface area contributed by atoms with Gasteiger partial charge in [-0.2, -0.15) is 0 Å². The maximum Gasteiger partial charge on any atom is 0.204 e. The molecule has 2 aliphatic rings. The number of rotatable bonds is 2. The maximum atomic E-state index is 12.2. The van der Waals surface area contributed by atoms with Crippen LogP contribution in [0.3, 0.4) is 0 Å². The van der Waals surface area contributed by atoms with E-state index in [4.69, 9.17) is 0 Å². The molecule has 0 amide bonds. The minimum absolute atomic E-state index is 0.0678. The zero-order chi connectivity index (χ0) is 12.6.